The van der Waals surface area contributed by atoms with E-state index >= 15 is 0 Å². The van der Waals surface area contributed by atoms with Crippen LogP contribution in [0.3, 0.4) is 0 Å². The van der Waals surface area contributed by atoms with E-state index in [-0.39, 0.29) is 42.0 Å². The third-order valence-corrected chi connectivity index (χ3v) is 6.50. The van der Waals surface area contributed by atoms with E-state index in [0.29, 0.717) is 5.56 Å². The highest BCUT2D eigenvalue weighted by molar-refractivity contribution is 7.88. The quantitative estimate of drug-likeness (QED) is 0.563. The van der Waals surface area contributed by atoms with Gasteiger partial charge in [0.2, 0.25) is 21.7 Å². The Balaban J connectivity index is 1.43. The summed E-state index contributed by atoms with van der Waals surface area (Å²) < 4.78 is 83.1. The van der Waals surface area contributed by atoms with Crippen LogP contribution in [-0.4, -0.2) is 36.0 Å². The van der Waals surface area contributed by atoms with Gasteiger partial charge in [0.15, 0.2) is 0 Å². The molecule has 1 aliphatic rings. The van der Waals surface area contributed by atoms with Crippen LogP contribution < -0.4 is 0 Å². The first-order chi connectivity index (χ1) is 14.1. The molecular formula is C19H15F4N3O3S. The largest absolute Gasteiger partial charge is 0.416 e. The average Bonchev–Trinajstić information content (AvgIpc) is 3.09. The predicted octanol–water partition coefficient (Wildman–Crippen LogP) is 3.82. The second-order valence-electron chi connectivity index (χ2n) is 6.93. The van der Waals surface area contributed by atoms with Gasteiger partial charge in [-0.25, -0.2) is 12.8 Å². The number of alkyl halides is 3. The normalized spacial score (nSPS) is 15.9. The van der Waals surface area contributed by atoms with Crippen LogP contribution in [0.1, 0.15) is 22.9 Å². The summed E-state index contributed by atoms with van der Waals surface area (Å²) in [6.07, 6.45) is -4.49. The molecule has 0 atom stereocenters. The lowest BCUT2D eigenvalue weighted by molar-refractivity contribution is -0.137. The zero-order valence-corrected chi connectivity index (χ0v) is 16.1. The maximum atomic E-state index is 13.3. The summed E-state index contributed by atoms with van der Waals surface area (Å²) in [5.41, 5.74) is -0.345. The van der Waals surface area contributed by atoms with E-state index in [1.807, 2.05) is 0 Å². The van der Waals surface area contributed by atoms with Crippen LogP contribution in [0.5, 0.6) is 0 Å². The average molecular weight is 441 g/mol. The number of halogens is 4. The molecule has 158 valence electrons. The molecule has 6 nitrogen and oxygen atoms in total. The van der Waals surface area contributed by atoms with Crippen LogP contribution in [0, 0.1) is 5.82 Å². The van der Waals surface area contributed by atoms with Crippen molar-refractivity contribution in [3.63, 3.8) is 0 Å². The minimum Gasteiger partial charge on any atom is -0.339 e. The van der Waals surface area contributed by atoms with Gasteiger partial charge < -0.3 is 4.52 Å². The molecule has 30 heavy (non-hydrogen) atoms. The lowest BCUT2D eigenvalue weighted by Crippen LogP contribution is -2.48. The number of nitrogens with zero attached hydrogens (tertiary/aromatic N) is 3. The number of sulfonamides is 1. The molecule has 0 unspecified atom stereocenters. The van der Waals surface area contributed by atoms with Crippen LogP contribution in [0.4, 0.5) is 17.6 Å². The first-order valence-electron chi connectivity index (χ1n) is 8.85. The highest BCUT2D eigenvalue weighted by atomic mass is 32.2. The molecule has 0 aliphatic carbocycles. The van der Waals surface area contributed by atoms with Crippen molar-refractivity contribution < 1.29 is 30.5 Å². The topological polar surface area (TPSA) is 76.3 Å². The SMILES string of the molecule is O=S(=O)(Cc1cccc(F)c1)N1CC(c2nc(-c3cccc(C(F)(F)F)c3)no2)C1. The molecule has 0 spiro atoms. The number of rotatable bonds is 5. The molecule has 1 saturated heterocycles. The third-order valence-electron chi connectivity index (χ3n) is 4.72. The second-order valence-corrected chi connectivity index (χ2v) is 8.90. The molecule has 1 aliphatic heterocycles. The number of benzene rings is 2. The van der Waals surface area contributed by atoms with Crippen molar-refractivity contribution in [2.75, 3.05) is 13.1 Å². The van der Waals surface area contributed by atoms with E-state index in [1.165, 1.54) is 34.6 Å². The van der Waals surface area contributed by atoms with Crippen molar-refractivity contribution in [1.29, 1.82) is 0 Å². The Morgan fingerprint density at radius 1 is 1.10 bits per heavy atom. The van der Waals surface area contributed by atoms with E-state index in [4.69, 9.17) is 4.52 Å². The molecule has 2 heterocycles. The Bertz CT molecular complexity index is 1170. The highest BCUT2D eigenvalue weighted by Gasteiger charge is 2.39. The van der Waals surface area contributed by atoms with Crippen molar-refractivity contribution in [3.8, 4) is 11.4 Å². The molecule has 0 saturated carbocycles. The van der Waals surface area contributed by atoms with Gasteiger partial charge in [0.1, 0.15) is 5.82 Å². The maximum absolute atomic E-state index is 13.3. The summed E-state index contributed by atoms with van der Waals surface area (Å²) >= 11 is 0. The summed E-state index contributed by atoms with van der Waals surface area (Å²) in [6.45, 7) is 0.198. The molecular weight excluding hydrogens is 426 g/mol. The Morgan fingerprint density at radius 2 is 1.83 bits per heavy atom. The van der Waals surface area contributed by atoms with E-state index < -0.39 is 27.6 Å². The van der Waals surface area contributed by atoms with Crippen LogP contribution in [0.15, 0.2) is 53.1 Å². The Kier molecular flexibility index (Phi) is 5.10. The van der Waals surface area contributed by atoms with E-state index in [1.54, 1.807) is 0 Å². The minimum atomic E-state index is -4.49. The summed E-state index contributed by atoms with van der Waals surface area (Å²) in [5.74, 6) is -1.06. The van der Waals surface area contributed by atoms with E-state index in [0.717, 1.165) is 18.2 Å². The van der Waals surface area contributed by atoms with Crippen molar-refractivity contribution >= 4 is 10.0 Å². The highest BCUT2D eigenvalue weighted by Crippen LogP contribution is 2.33. The van der Waals surface area contributed by atoms with Gasteiger partial charge >= 0.3 is 6.18 Å². The van der Waals surface area contributed by atoms with Crippen LogP contribution >= 0.6 is 0 Å². The summed E-state index contributed by atoms with van der Waals surface area (Å²) in [7, 11) is -3.65. The van der Waals surface area contributed by atoms with Gasteiger partial charge in [0.25, 0.3) is 0 Å². The molecule has 1 aromatic heterocycles. The van der Waals surface area contributed by atoms with Gasteiger partial charge in [0, 0.05) is 18.7 Å². The zero-order chi connectivity index (χ0) is 21.5. The third kappa shape index (κ3) is 4.21. The standard InChI is InChI=1S/C19H15F4N3O3S/c20-16-6-1-3-12(7-16)11-30(27,28)26-9-14(10-26)18-24-17(25-29-18)13-4-2-5-15(8-13)19(21,22)23/h1-8,14H,9-11H2. The second kappa shape index (κ2) is 7.47. The fourth-order valence-electron chi connectivity index (χ4n) is 3.10. The molecule has 0 radical (unpaired) electrons. The summed E-state index contributed by atoms with van der Waals surface area (Å²) in [5, 5.41) is 3.71. The van der Waals surface area contributed by atoms with Crippen molar-refractivity contribution in [2.24, 2.45) is 0 Å². The number of hydrogen-bond donors (Lipinski definition) is 0. The molecule has 0 N–H and O–H groups in total. The van der Waals surface area contributed by atoms with Gasteiger partial charge in [-0.15, -0.1) is 0 Å². The van der Waals surface area contributed by atoms with Crippen molar-refractivity contribution in [1.82, 2.24) is 14.4 Å². The van der Waals surface area contributed by atoms with Crippen LogP contribution in [-0.2, 0) is 22.0 Å². The molecule has 11 heteroatoms. The van der Waals surface area contributed by atoms with Crippen LogP contribution in [0.25, 0.3) is 11.4 Å². The molecule has 3 aromatic rings. The van der Waals surface area contributed by atoms with Gasteiger partial charge in [-0.05, 0) is 29.8 Å². The lowest BCUT2D eigenvalue weighted by Gasteiger charge is -2.35. The molecule has 0 bridgehead atoms. The van der Waals surface area contributed by atoms with Gasteiger partial charge in [-0.2, -0.15) is 22.5 Å². The molecule has 0 amide bonds. The number of hydrogen-bond acceptors (Lipinski definition) is 5. The first kappa shape index (κ1) is 20.5. The Labute approximate surface area is 169 Å². The van der Waals surface area contributed by atoms with E-state index in [2.05, 4.69) is 10.1 Å². The monoisotopic (exact) mass is 441 g/mol. The fraction of sp³-hybridized carbons (Fsp3) is 0.263. The number of aromatic nitrogens is 2. The Morgan fingerprint density at radius 3 is 2.53 bits per heavy atom. The molecule has 1 fully saturated rings. The van der Waals surface area contributed by atoms with Crippen LogP contribution in [0.2, 0.25) is 0 Å². The minimum absolute atomic E-state index is 0.00262. The van der Waals surface area contributed by atoms with Gasteiger partial charge in [0.05, 0.1) is 17.2 Å². The van der Waals surface area contributed by atoms with E-state index in [9.17, 15) is 26.0 Å². The van der Waals surface area contributed by atoms with Gasteiger partial charge in [-0.1, -0.05) is 29.4 Å². The zero-order valence-electron chi connectivity index (χ0n) is 15.3. The lowest BCUT2D eigenvalue weighted by atomic mass is 10.0. The smallest absolute Gasteiger partial charge is 0.339 e. The van der Waals surface area contributed by atoms with Crippen molar-refractivity contribution in [3.05, 3.63) is 71.4 Å². The fourth-order valence-corrected chi connectivity index (χ4v) is 4.70. The Hall–Kier alpha value is -2.79. The summed E-state index contributed by atoms with van der Waals surface area (Å²) in [6, 6.07) is 9.90. The van der Waals surface area contributed by atoms with Gasteiger partial charge in [-0.3, -0.25) is 0 Å². The predicted molar refractivity (Wildman–Crippen MR) is 98.1 cm³/mol. The first-order valence-corrected chi connectivity index (χ1v) is 10.5. The molecule has 2 aromatic carbocycles. The molecule has 4 rings (SSSR count). The maximum Gasteiger partial charge on any atom is 0.416 e. The van der Waals surface area contributed by atoms with Crippen molar-refractivity contribution in [2.45, 2.75) is 17.8 Å². The summed E-state index contributed by atoms with van der Waals surface area (Å²) in [4.78, 5) is 4.12.